The van der Waals surface area contributed by atoms with Crippen LogP contribution in [0.25, 0.3) is 0 Å². The molecule has 0 saturated heterocycles. The Labute approximate surface area is 120 Å². The van der Waals surface area contributed by atoms with Gasteiger partial charge in [-0.1, -0.05) is 57.0 Å². The number of carbonyl (C=O) groups excluding carboxylic acids is 1. The number of rotatable bonds is 8. The van der Waals surface area contributed by atoms with Crippen LogP contribution in [0.4, 0.5) is 0 Å². The molecule has 0 amide bonds. The van der Waals surface area contributed by atoms with Gasteiger partial charge in [0.25, 0.3) is 5.97 Å². The third-order valence-electron chi connectivity index (χ3n) is 3.88. The largest absolute Gasteiger partial charge is 0.529 e. The molecule has 1 aromatic carbocycles. The lowest BCUT2D eigenvalue weighted by molar-refractivity contribution is -0.134. The van der Waals surface area contributed by atoms with E-state index in [1.807, 2.05) is 0 Å². The van der Waals surface area contributed by atoms with Crippen LogP contribution in [-0.4, -0.2) is 16.5 Å². The van der Waals surface area contributed by atoms with Crippen LogP contribution in [0.5, 0.6) is 0 Å². The second-order valence-electron chi connectivity index (χ2n) is 5.22. The van der Waals surface area contributed by atoms with Gasteiger partial charge in [0.1, 0.15) is 0 Å². The van der Waals surface area contributed by atoms with Crippen LogP contribution in [0.1, 0.15) is 57.9 Å². The SMILES string of the molecule is CCCC(CCC)(CCC(=O)O[SiH3])c1ccccc1. The summed E-state index contributed by atoms with van der Waals surface area (Å²) in [7, 11) is 0.499. The summed E-state index contributed by atoms with van der Waals surface area (Å²) in [5.74, 6) is -0.0424. The highest BCUT2D eigenvalue weighted by atomic mass is 28.2. The highest BCUT2D eigenvalue weighted by molar-refractivity contribution is 6.05. The summed E-state index contributed by atoms with van der Waals surface area (Å²) in [4.78, 5) is 11.5. The topological polar surface area (TPSA) is 26.3 Å². The average molecular weight is 278 g/mol. The molecule has 1 aromatic rings. The Hall–Kier alpha value is -1.09. The maximum absolute atomic E-state index is 11.5. The van der Waals surface area contributed by atoms with Crippen molar-refractivity contribution in [3.05, 3.63) is 35.9 Å². The second-order valence-corrected chi connectivity index (χ2v) is 5.63. The van der Waals surface area contributed by atoms with E-state index in [4.69, 9.17) is 4.43 Å². The van der Waals surface area contributed by atoms with Crippen molar-refractivity contribution in [2.24, 2.45) is 0 Å². The standard InChI is InChI=1S/C16H26O2Si/c1-3-11-16(12-4-2,13-10-15(17)18-19)14-8-6-5-7-9-14/h5-9H,3-4,10-13H2,1-2,19H3. The average Bonchev–Trinajstić information content (AvgIpc) is 2.45. The summed E-state index contributed by atoms with van der Waals surface area (Å²) in [6.45, 7) is 4.44. The van der Waals surface area contributed by atoms with Crippen LogP contribution in [0.2, 0.25) is 0 Å². The van der Waals surface area contributed by atoms with Gasteiger partial charge in [-0.3, -0.25) is 4.79 Å². The van der Waals surface area contributed by atoms with Crippen molar-refractivity contribution < 1.29 is 9.22 Å². The molecule has 0 atom stereocenters. The van der Waals surface area contributed by atoms with Gasteiger partial charge in [-0.05, 0) is 30.2 Å². The number of benzene rings is 1. The Kier molecular flexibility index (Phi) is 6.85. The van der Waals surface area contributed by atoms with Crippen LogP contribution in [0, 0.1) is 0 Å². The molecule has 0 aromatic heterocycles. The van der Waals surface area contributed by atoms with Crippen molar-refractivity contribution >= 4 is 16.5 Å². The molecule has 1 rings (SSSR count). The van der Waals surface area contributed by atoms with E-state index in [1.165, 1.54) is 5.56 Å². The van der Waals surface area contributed by atoms with E-state index in [2.05, 4.69) is 44.2 Å². The Morgan fingerprint density at radius 2 is 1.68 bits per heavy atom. The van der Waals surface area contributed by atoms with E-state index in [0.29, 0.717) is 16.9 Å². The van der Waals surface area contributed by atoms with E-state index in [9.17, 15) is 4.79 Å². The Morgan fingerprint density at radius 3 is 2.16 bits per heavy atom. The normalized spacial score (nSPS) is 11.5. The minimum absolute atomic E-state index is 0.0424. The van der Waals surface area contributed by atoms with Gasteiger partial charge in [0, 0.05) is 6.42 Å². The fourth-order valence-electron chi connectivity index (χ4n) is 3.00. The van der Waals surface area contributed by atoms with Crippen molar-refractivity contribution in [2.75, 3.05) is 0 Å². The molecule has 0 spiro atoms. The van der Waals surface area contributed by atoms with E-state index < -0.39 is 0 Å². The number of carbonyl (C=O) groups is 1. The molecule has 0 fully saturated rings. The highest BCUT2D eigenvalue weighted by Crippen LogP contribution is 2.38. The Balaban J connectivity index is 2.96. The lowest BCUT2D eigenvalue weighted by atomic mass is 9.70. The van der Waals surface area contributed by atoms with Crippen LogP contribution < -0.4 is 0 Å². The summed E-state index contributed by atoms with van der Waals surface area (Å²) >= 11 is 0. The predicted octanol–water partition coefficient (Wildman–Crippen LogP) is 3.13. The molecule has 0 aliphatic rings. The van der Waals surface area contributed by atoms with Gasteiger partial charge in [-0.15, -0.1) is 0 Å². The maximum atomic E-state index is 11.5. The minimum Gasteiger partial charge on any atom is -0.529 e. The molecule has 3 heteroatoms. The molecule has 19 heavy (non-hydrogen) atoms. The van der Waals surface area contributed by atoms with Gasteiger partial charge in [-0.25, -0.2) is 0 Å². The summed E-state index contributed by atoms with van der Waals surface area (Å²) in [6, 6.07) is 10.7. The van der Waals surface area contributed by atoms with E-state index in [0.717, 1.165) is 32.1 Å². The Morgan fingerprint density at radius 1 is 1.11 bits per heavy atom. The van der Waals surface area contributed by atoms with Crippen LogP contribution in [-0.2, 0) is 14.6 Å². The zero-order valence-electron chi connectivity index (χ0n) is 12.4. The van der Waals surface area contributed by atoms with Crippen molar-refractivity contribution in [2.45, 2.75) is 57.8 Å². The van der Waals surface area contributed by atoms with Gasteiger partial charge in [0.15, 0.2) is 0 Å². The lowest BCUT2D eigenvalue weighted by Crippen LogP contribution is -2.27. The van der Waals surface area contributed by atoms with Crippen molar-refractivity contribution in [3.8, 4) is 0 Å². The molecule has 0 aliphatic heterocycles. The van der Waals surface area contributed by atoms with E-state index in [-0.39, 0.29) is 11.4 Å². The van der Waals surface area contributed by atoms with Gasteiger partial charge >= 0.3 is 0 Å². The van der Waals surface area contributed by atoms with Crippen LogP contribution in [0.15, 0.2) is 30.3 Å². The van der Waals surface area contributed by atoms with Crippen LogP contribution >= 0.6 is 0 Å². The number of hydrogen-bond acceptors (Lipinski definition) is 2. The first-order valence-electron chi connectivity index (χ1n) is 7.31. The summed E-state index contributed by atoms with van der Waals surface area (Å²) in [5.41, 5.74) is 1.51. The molecule has 106 valence electrons. The zero-order chi connectivity index (χ0) is 14.1. The van der Waals surface area contributed by atoms with Crippen molar-refractivity contribution in [1.82, 2.24) is 0 Å². The van der Waals surface area contributed by atoms with Crippen LogP contribution in [0.3, 0.4) is 0 Å². The second kappa shape index (κ2) is 8.15. The fraction of sp³-hybridized carbons (Fsp3) is 0.562. The highest BCUT2D eigenvalue weighted by Gasteiger charge is 2.30. The maximum Gasteiger partial charge on any atom is 0.291 e. The first kappa shape index (κ1) is 16.0. The quantitative estimate of drug-likeness (QED) is 0.683. The molecule has 0 aliphatic carbocycles. The van der Waals surface area contributed by atoms with Crippen molar-refractivity contribution in [3.63, 3.8) is 0 Å². The first-order valence-corrected chi connectivity index (χ1v) is 8.12. The molecule has 0 heterocycles. The van der Waals surface area contributed by atoms with Crippen molar-refractivity contribution in [1.29, 1.82) is 0 Å². The lowest BCUT2D eigenvalue weighted by Gasteiger charge is -2.34. The van der Waals surface area contributed by atoms with Gasteiger partial charge < -0.3 is 4.43 Å². The molecule has 0 radical (unpaired) electrons. The minimum atomic E-state index is -0.0424. The molecule has 0 unspecified atom stereocenters. The fourth-order valence-corrected chi connectivity index (χ4v) is 3.20. The molecule has 2 nitrogen and oxygen atoms in total. The number of hydrogen-bond donors (Lipinski definition) is 0. The van der Waals surface area contributed by atoms with Gasteiger partial charge in [0.05, 0.1) is 0 Å². The van der Waals surface area contributed by atoms with E-state index >= 15 is 0 Å². The van der Waals surface area contributed by atoms with Gasteiger partial charge in [0.2, 0.25) is 10.5 Å². The third-order valence-corrected chi connectivity index (χ3v) is 4.33. The molecule has 0 N–H and O–H groups in total. The Bertz CT molecular complexity index is 370. The first-order chi connectivity index (χ1) is 9.18. The monoisotopic (exact) mass is 278 g/mol. The van der Waals surface area contributed by atoms with E-state index in [1.54, 1.807) is 0 Å². The summed E-state index contributed by atoms with van der Waals surface area (Å²) in [5, 5.41) is 0. The molecule has 0 bridgehead atoms. The molecular formula is C16H26O2Si. The third kappa shape index (κ3) is 4.50. The zero-order valence-corrected chi connectivity index (χ0v) is 14.4. The molecular weight excluding hydrogens is 252 g/mol. The smallest absolute Gasteiger partial charge is 0.291 e. The summed E-state index contributed by atoms with van der Waals surface area (Å²) in [6.07, 6.45) is 6.01. The van der Waals surface area contributed by atoms with Gasteiger partial charge in [-0.2, -0.15) is 0 Å². The summed E-state index contributed by atoms with van der Waals surface area (Å²) < 4.78 is 4.94. The predicted molar refractivity (Wildman–Crippen MR) is 83.2 cm³/mol. The molecule has 0 saturated carbocycles.